The second-order valence-electron chi connectivity index (χ2n) is 5.70. The van der Waals surface area contributed by atoms with E-state index in [-0.39, 0.29) is 0 Å². The molecule has 0 saturated carbocycles. The number of aliphatic imine (C=N–C) groups is 1. The normalized spacial score (nSPS) is 17.6. The van der Waals surface area contributed by atoms with Crippen LogP contribution in [0.2, 0.25) is 0 Å². The molecule has 2 heteroatoms. The second kappa shape index (κ2) is 7.59. The third-order valence-corrected chi connectivity index (χ3v) is 3.96. The lowest BCUT2D eigenvalue weighted by atomic mass is 10.1. The summed E-state index contributed by atoms with van der Waals surface area (Å²) in [6, 6.07) is 19.1. The van der Waals surface area contributed by atoms with Gasteiger partial charge < -0.3 is 4.90 Å². The average molecular weight is 302 g/mol. The van der Waals surface area contributed by atoms with Crippen LogP contribution in [0.25, 0.3) is 0 Å². The summed E-state index contributed by atoms with van der Waals surface area (Å²) < 4.78 is 0. The van der Waals surface area contributed by atoms with E-state index in [2.05, 4.69) is 90.7 Å². The molecule has 1 aliphatic heterocycles. The smallest absolute Gasteiger partial charge is 0.132 e. The first kappa shape index (κ1) is 15.3. The van der Waals surface area contributed by atoms with Crippen molar-refractivity contribution in [3.63, 3.8) is 0 Å². The lowest BCUT2D eigenvalue weighted by Crippen LogP contribution is -2.32. The number of hydrogen-bond donors (Lipinski definition) is 0. The zero-order valence-electron chi connectivity index (χ0n) is 13.5. The van der Waals surface area contributed by atoms with Gasteiger partial charge in [0.1, 0.15) is 5.84 Å². The molecule has 0 amide bonds. The number of rotatable bonds is 3. The van der Waals surface area contributed by atoms with E-state index < -0.39 is 0 Å². The van der Waals surface area contributed by atoms with Gasteiger partial charge in [0.05, 0.1) is 6.54 Å². The number of benzene rings is 2. The van der Waals surface area contributed by atoms with Gasteiger partial charge >= 0.3 is 0 Å². The highest BCUT2D eigenvalue weighted by Gasteiger charge is 2.15. The Labute approximate surface area is 138 Å². The first-order valence-electron chi connectivity index (χ1n) is 8.05. The Bertz CT molecular complexity index is 727. The SMILES string of the molecule is Cc1ccccc1C1=NC/C=C\C=C/CN1Cc1ccccc1. The Morgan fingerprint density at radius 1 is 0.913 bits per heavy atom. The minimum atomic E-state index is 0.708. The third-order valence-electron chi connectivity index (χ3n) is 3.96. The molecule has 2 aromatic carbocycles. The molecular weight excluding hydrogens is 280 g/mol. The number of hydrogen-bond acceptors (Lipinski definition) is 2. The maximum absolute atomic E-state index is 4.87. The van der Waals surface area contributed by atoms with Crippen LogP contribution < -0.4 is 0 Å². The molecule has 0 aliphatic carbocycles. The summed E-state index contributed by atoms with van der Waals surface area (Å²) in [4.78, 5) is 7.22. The lowest BCUT2D eigenvalue weighted by molar-refractivity contribution is 0.456. The molecule has 0 N–H and O–H groups in total. The van der Waals surface area contributed by atoms with Crippen LogP contribution in [0, 0.1) is 6.92 Å². The van der Waals surface area contributed by atoms with E-state index in [9.17, 15) is 0 Å². The van der Waals surface area contributed by atoms with Crippen LogP contribution in [0.15, 0.2) is 83.9 Å². The van der Waals surface area contributed by atoms with Crippen LogP contribution in [0.3, 0.4) is 0 Å². The quantitative estimate of drug-likeness (QED) is 0.822. The molecule has 2 nitrogen and oxygen atoms in total. The van der Waals surface area contributed by atoms with Crippen LogP contribution >= 0.6 is 0 Å². The lowest BCUT2D eigenvalue weighted by Gasteiger charge is -2.26. The van der Waals surface area contributed by atoms with Crippen LogP contribution in [0.1, 0.15) is 16.7 Å². The molecule has 0 radical (unpaired) electrons. The first-order valence-corrected chi connectivity index (χ1v) is 8.05. The van der Waals surface area contributed by atoms with Gasteiger partial charge in [0, 0.05) is 18.7 Å². The van der Waals surface area contributed by atoms with E-state index >= 15 is 0 Å². The summed E-state index contributed by atoms with van der Waals surface area (Å²) >= 11 is 0. The van der Waals surface area contributed by atoms with Gasteiger partial charge in [-0.2, -0.15) is 0 Å². The number of nitrogens with zero attached hydrogens (tertiary/aromatic N) is 2. The number of amidine groups is 1. The van der Waals surface area contributed by atoms with Crippen molar-refractivity contribution in [1.29, 1.82) is 0 Å². The van der Waals surface area contributed by atoms with Crippen molar-refractivity contribution >= 4 is 5.84 Å². The first-order chi connectivity index (χ1) is 11.3. The molecule has 3 rings (SSSR count). The van der Waals surface area contributed by atoms with E-state index in [0.29, 0.717) is 6.54 Å². The van der Waals surface area contributed by atoms with E-state index in [1.807, 2.05) is 0 Å². The molecule has 0 spiro atoms. The van der Waals surface area contributed by atoms with Gasteiger partial charge in [-0.15, -0.1) is 0 Å². The van der Waals surface area contributed by atoms with Crippen molar-refractivity contribution in [2.75, 3.05) is 13.1 Å². The summed E-state index contributed by atoms with van der Waals surface area (Å²) in [5, 5.41) is 0. The Kier molecular flexibility index (Phi) is 5.05. The van der Waals surface area contributed by atoms with Crippen LogP contribution in [0.4, 0.5) is 0 Å². The van der Waals surface area contributed by atoms with E-state index in [1.165, 1.54) is 16.7 Å². The molecule has 23 heavy (non-hydrogen) atoms. The van der Waals surface area contributed by atoms with Crippen molar-refractivity contribution in [2.24, 2.45) is 4.99 Å². The second-order valence-corrected chi connectivity index (χ2v) is 5.70. The summed E-state index contributed by atoms with van der Waals surface area (Å²) in [6.45, 7) is 4.57. The molecule has 0 unspecified atom stereocenters. The molecule has 0 saturated heterocycles. The van der Waals surface area contributed by atoms with Gasteiger partial charge in [-0.25, -0.2) is 0 Å². The van der Waals surface area contributed by atoms with E-state index in [1.54, 1.807) is 0 Å². The fourth-order valence-electron chi connectivity index (χ4n) is 2.75. The molecular formula is C21H22N2. The van der Waals surface area contributed by atoms with Crippen LogP contribution in [-0.2, 0) is 6.54 Å². The largest absolute Gasteiger partial charge is 0.348 e. The molecule has 0 bridgehead atoms. The summed E-state index contributed by atoms with van der Waals surface area (Å²) in [6.07, 6.45) is 8.47. The highest BCUT2D eigenvalue weighted by atomic mass is 15.2. The summed E-state index contributed by atoms with van der Waals surface area (Å²) in [5.74, 6) is 1.07. The summed E-state index contributed by atoms with van der Waals surface area (Å²) in [5.41, 5.74) is 3.78. The van der Waals surface area contributed by atoms with Gasteiger partial charge in [0.2, 0.25) is 0 Å². The predicted molar refractivity (Wildman–Crippen MR) is 97.7 cm³/mol. The Morgan fingerprint density at radius 2 is 1.65 bits per heavy atom. The molecule has 116 valence electrons. The van der Waals surface area contributed by atoms with Gasteiger partial charge in [-0.05, 0) is 18.1 Å². The van der Waals surface area contributed by atoms with E-state index in [0.717, 1.165) is 18.9 Å². The van der Waals surface area contributed by atoms with Crippen LogP contribution in [0.5, 0.6) is 0 Å². The minimum Gasteiger partial charge on any atom is -0.348 e. The standard InChI is InChI=1S/C21H22N2/c1-18-11-7-8-14-20(18)21-22-15-9-2-3-10-16-23(21)17-19-12-5-4-6-13-19/h2-14H,15-17H2,1H3/b9-2-,10-3-,22-21?. The van der Waals surface area contributed by atoms with E-state index in [4.69, 9.17) is 4.99 Å². The minimum absolute atomic E-state index is 0.708. The Morgan fingerprint density at radius 3 is 2.48 bits per heavy atom. The molecule has 0 atom stereocenters. The van der Waals surface area contributed by atoms with Gasteiger partial charge in [-0.3, -0.25) is 4.99 Å². The highest BCUT2D eigenvalue weighted by molar-refractivity contribution is 6.00. The van der Waals surface area contributed by atoms with Crippen molar-refractivity contribution in [3.8, 4) is 0 Å². The average Bonchev–Trinajstić information content (AvgIpc) is 2.69. The van der Waals surface area contributed by atoms with Gasteiger partial charge in [-0.1, -0.05) is 78.9 Å². The number of allylic oxidation sites excluding steroid dienone is 2. The zero-order chi connectivity index (χ0) is 15.9. The maximum atomic E-state index is 4.87. The fraction of sp³-hybridized carbons (Fsp3) is 0.190. The molecule has 2 aromatic rings. The highest BCUT2D eigenvalue weighted by Crippen LogP contribution is 2.15. The van der Waals surface area contributed by atoms with Crippen molar-refractivity contribution in [3.05, 3.63) is 95.6 Å². The third kappa shape index (κ3) is 3.98. The maximum Gasteiger partial charge on any atom is 0.132 e. The molecule has 1 aliphatic rings. The zero-order valence-corrected chi connectivity index (χ0v) is 13.5. The summed E-state index contributed by atoms with van der Waals surface area (Å²) in [7, 11) is 0. The van der Waals surface area contributed by atoms with Crippen molar-refractivity contribution in [1.82, 2.24) is 4.90 Å². The van der Waals surface area contributed by atoms with Crippen molar-refractivity contribution in [2.45, 2.75) is 13.5 Å². The molecule has 1 heterocycles. The molecule has 0 aromatic heterocycles. The topological polar surface area (TPSA) is 15.6 Å². The predicted octanol–water partition coefficient (Wildman–Crippen LogP) is 4.37. The Balaban J connectivity index is 1.97. The molecule has 0 fully saturated rings. The fourth-order valence-corrected chi connectivity index (χ4v) is 2.75. The Hall–Kier alpha value is -2.61. The number of aryl methyl sites for hydroxylation is 1. The van der Waals surface area contributed by atoms with Gasteiger partial charge in [0.25, 0.3) is 0 Å². The monoisotopic (exact) mass is 302 g/mol. The van der Waals surface area contributed by atoms with Crippen LogP contribution in [-0.4, -0.2) is 23.8 Å². The van der Waals surface area contributed by atoms with Crippen molar-refractivity contribution < 1.29 is 0 Å². The van der Waals surface area contributed by atoms with Gasteiger partial charge in [0.15, 0.2) is 0 Å².